The van der Waals surface area contributed by atoms with Crippen molar-refractivity contribution >= 4 is 17.5 Å². The van der Waals surface area contributed by atoms with Crippen molar-refractivity contribution in [3.05, 3.63) is 59.7 Å². The third-order valence-corrected chi connectivity index (χ3v) is 5.00. The third kappa shape index (κ3) is 5.35. The van der Waals surface area contributed by atoms with Crippen molar-refractivity contribution in [1.82, 2.24) is 4.90 Å². The summed E-state index contributed by atoms with van der Waals surface area (Å²) in [5.41, 5.74) is 2.23. The highest BCUT2D eigenvalue weighted by Crippen LogP contribution is 2.20. The van der Waals surface area contributed by atoms with Crippen LogP contribution in [0.5, 0.6) is 5.75 Å². The van der Waals surface area contributed by atoms with E-state index in [-0.39, 0.29) is 18.4 Å². The van der Waals surface area contributed by atoms with E-state index >= 15 is 0 Å². The minimum atomic E-state index is -0.280. The number of hydrogen-bond acceptors (Lipinski definition) is 3. The van der Waals surface area contributed by atoms with Gasteiger partial charge in [-0.25, -0.2) is 0 Å². The van der Waals surface area contributed by atoms with Gasteiger partial charge in [0.05, 0.1) is 11.3 Å². The number of amides is 2. The van der Waals surface area contributed by atoms with Crippen molar-refractivity contribution in [3.63, 3.8) is 0 Å². The molecule has 0 spiro atoms. The van der Waals surface area contributed by atoms with E-state index in [0.29, 0.717) is 17.0 Å². The molecule has 1 fully saturated rings. The van der Waals surface area contributed by atoms with Gasteiger partial charge in [0, 0.05) is 13.1 Å². The van der Waals surface area contributed by atoms with Crippen molar-refractivity contribution in [3.8, 4) is 5.75 Å². The second kappa shape index (κ2) is 9.93. The van der Waals surface area contributed by atoms with Crippen LogP contribution in [0, 0.1) is 0 Å². The van der Waals surface area contributed by atoms with Crippen LogP contribution in [0.25, 0.3) is 0 Å². The van der Waals surface area contributed by atoms with Crippen LogP contribution in [0.4, 0.5) is 5.69 Å². The van der Waals surface area contributed by atoms with Crippen molar-refractivity contribution < 1.29 is 14.3 Å². The Morgan fingerprint density at radius 2 is 1.75 bits per heavy atom. The Morgan fingerprint density at radius 1 is 1.00 bits per heavy atom. The van der Waals surface area contributed by atoms with Gasteiger partial charge in [-0.2, -0.15) is 0 Å². The molecular formula is C23H28N2O3. The molecule has 148 valence electrons. The molecule has 3 rings (SSSR count). The molecule has 1 heterocycles. The van der Waals surface area contributed by atoms with Gasteiger partial charge in [0.25, 0.3) is 11.8 Å². The molecule has 0 bridgehead atoms. The summed E-state index contributed by atoms with van der Waals surface area (Å²) in [6.07, 6.45) is 5.31. The van der Waals surface area contributed by atoms with Crippen LogP contribution in [-0.4, -0.2) is 36.4 Å². The summed E-state index contributed by atoms with van der Waals surface area (Å²) in [5.74, 6) is 0.371. The molecule has 1 aliphatic rings. The molecule has 1 saturated heterocycles. The van der Waals surface area contributed by atoms with Crippen LogP contribution >= 0.6 is 0 Å². The number of aryl methyl sites for hydroxylation is 1. The van der Waals surface area contributed by atoms with Gasteiger partial charge in [0.1, 0.15) is 5.75 Å². The Bertz CT molecular complexity index is 811. The molecule has 2 aromatic rings. The predicted molar refractivity (Wildman–Crippen MR) is 111 cm³/mol. The molecular weight excluding hydrogens is 352 g/mol. The maximum atomic E-state index is 12.9. The molecule has 2 amide bonds. The minimum absolute atomic E-state index is 0.0191. The van der Waals surface area contributed by atoms with E-state index in [2.05, 4.69) is 12.2 Å². The average Bonchev–Trinajstić information content (AvgIpc) is 3.02. The van der Waals surface area contributed by atoms with Crippen LogP contribution in [0.1, 0.15) is 48.5 Å². The van der Waals surface area contributed by atoms with Gasteiger partial charge < -0.3 is 15.0 Å². The lowest BCUT2D eigenvalue weighted by molar-refractivity contribution is -0.118. The highest BCUT2D eigenvalue weighted by atomic mass is 16.5. The molecule has 0 unspecified atom stereocenters. The minimum Gasteiger partial charge on any atom is -0.484 e. The molecule has 1 aliphatic heterocycles. The van der Waals surface area contributed by atoms with Crippen LogP contribution in [0.2, 0.25) is 0 Å². The van der Waals surface area contributed by atoms with E-state index in [1.54, 1.807) is 12.1 Å². The Labute approximate surface area is 166 Å². The van der Waals surface area contributed by atoms with E-state index in [0.717, 1.165) is 37.9 Å². The fraction of sp³-hybridized carbons (Fsp3) is 0.391. The molecule has 5 nitrogen and oxygen atoms in total. The molecule has 5 heteroatoms. The summed E-state index contributed by atoms with van der Waals surface area (Å²) in [6.45, 7) is 3.53. The Morgan fingerprint density at radius 3 is 2.50 bits per heavy atom. The monoisotopic (exact) mass is 380 g/mol. The van der Waals surface area contributed by atoms with Crippen molar-refractivity contribution in [2.75, 3.05) is 25.0 Å². The summed E-state index contributed by atoms with van der Waals surface area (Å²) in [6, 6.07) is 14.9. The summed E-state index contributed by atoms with van der Waals surface area (Å²) >= 11 is 0. The van der Waals surface area contributed by atoms with Gasteiger partial charge in [0.2, 0.25) is 0 Å². The molecule has 28 heavy (non-hydrogen) atoms. The van der Waals surface area contributed by atoms with Crippen LogP contribution < -0.4 is 10.1 Å². The quantitative estimate of drug-likeness (QED) is 0.814. The number of carbonyl (C=O) groups is 2. The molecule has 0 aliphatic carbocycles. The highest BCUT2D eigenvalue weighted by Gasteiger charge is 2.20. The number of ether oxygens (including phenoxy) is 1. The van der Waals surface area contributed by atoms with Gasteiger partial charge in [-0.15, -0.1) is 0 Å². The van der Waals surface area contributed by atoms with E-state index < -0.39 is 0 Å². The first-order chi connectivity index (χ1) is 13.7. The molecule has 1 N–H and O–H groups in total. The van der Waals surface area contributed by atoms with Crippen LogP contribution in [0.3, 0.4) is 0 Å². The van der Waals surface area contributed by atoms with Gasteiger partial charge in [-0.05, 0) is 49.1 Å². The number of benzene rings is 2. The zero-order valence-corrected chi connectivity index (χ0v) is 16.4. The number of rotatable bonds is 6. The smallest absolute Gasteiger partial charge is 0.262 e. The standard InChI is InChI=1S/C23H28N2O3/c1-2-18-10-9-11-19(16-18)28-17-22(26)24-21-13-6-5-12-20(21)23(27)25-14-7-3-4-8-15-25/h5-6,9-13,16H,2-4,7-8,14-15,17H2,1H3,(H,24,26). The van der Waals surface area contributed by atoms with Gasteiger partial charge in [0.15, 0.2) is 6.61 Å². The van der Waals surface area contributed by atoms with E-state index in [4.69, 9.17) is 4.74 Å². The molecule has 2 aromatic carbocycles. The topological polar surface area (TPSA) is 58.6 Å². The summed E-state index contributed by atoms with van der Waals surface area (Å²) < 4.78 is 5.61. The maximum absolute atomic E-state index is 12.9. The number of nitrogens with zero attached hydrogens (tertiary/aromatic N) is 1. The van der Waals surface area contributed by atoms with Crippen LogP contribution in [0.15, 0.2) is 48.5 Å². The van der Waals surface area contributed by atoms with E-state index in [9.17, 15) is 9.59 Å². The second-order valence-corrected chi connectivity index (χ2v) is 7.09. The first-order valence-corrected chi connectivity index (χ1v) is 10.1. The Balaban J connectivity index is 1.63. The number of anilines is 1. The first-order valence-electron chi connectivity index (χ1n) is 10.1. The maximum Gasteiger partial charge on any atom is 0.262 e. The summed E-state index contributed by atoms with van der Waals surface area (Å²) in [4.78, 5) is 27.2. The Hall–Kier alpha value is -2.82. The second-order valence-electron chi connectivity index (χ2n) is 7.09. The lowest BCUT2D eigenvalue weighted by Crippen LogP contribution is -2.33. The van der Waals surface area contributed by atoms with E-state index in [1.807, 2.05) is 41.3 Å². The van der Waals surface area contributed by atoms with Crippen molar-refractivity contribution in [1.29, 1.82) is 0 Å². The fourth-order valence-electron chi connectivity index (χ4n) is 3.41. The zero-order valence-electron chi connectivity index (χ0n) is 16.4. The van der Waals surface area contributed by atoms with Crippen molar-refractivity contribution in [2.45, 2.75) is 39.0 Å². The normalized spacial score (nSPS) is 14.2. The summed E-state index contributed by atoms with van der Waals surface area (Å²) in [7, 11) is 0. The fourth-order valence-corrected chi connectivity index (χ4v) is 3.41. The lowest BCUT2D eigenvalue weighted by atomic mass is 10.1. The van der Waals surface area contributed by atoms with Gasteiger partial charge >= 0.3 is 0 Å². The SMILES string of the molecule is CCc1cccc(OCC(=O)Nc2ccccc2C(=O)N2CCCCCC2)c1. The van der Waals surface area contributed by atoms with Gasteiger partial charge in [-0.3, -0.25) is 9.59 Å². The molecule has 0 saturated carbocycles. The number of para-hydroxylation sites is 1. The number of nitrogens with one attached hydrogen (secondary N) is 1. The third-order valence-electron chi connectivity index (χ3n) is 5.00. The number of carbonyl (C=O) groups excluding carboxylic acids is 2. The average molecular weight is 380 g/mol. The molecule has 0 aromatic heterocycles. The molecule has 0 atom stereocenters. The zero-order chi connectivity index (χ0) is 19.8. The van der Waals surface area contributed by atoms with E-state index in [1.165, 1.54) is 12.8 Å². The van der Waals surface area contributed by atoms with Gasteiger partial charge in [-0.1, -0.05) is 44.0 Å². The summed E-state index contributed by atoms with van der Waals surface area (Å²) in [5, 5.41) is 2.83. The first kappa shape index (κ1) is 19.9. The lowest BCUT2D eigenvalue weighted by Gasteiger charge is -2.22. The number of hydrogen-bond donors (Lipinski definition) is 1. The molecule has 0 radical (unpaired) electrons. The predicted octanol–water partition coefficient (Wildman–Crippen LogP) is 4.28. The van der Waals surface area contributed by atoms with Crippen LogP contribution in [-0.2, 0) is 11.2 Å². The van der Waals surface area contributed by atoms with Crippen molar-refractivity contribution in [2.24, 2.45) is 0 Å². The number of likely N-dealkylation sites (tertiary alicyclic amines) is 1. The largest absolute Gasteiger partial charge is 0.484 e. The highest BCUT2D eigenvalue weighted by molar-refractivity contribution is 6.04. The Kier molecular flexibility index (Phi) is 7.06.